The van der Waals surface area contributed by atoms with Crippen LogP contribution >= 0.6 is 0 Å². The standard InChI is InChI=1S/C14H24N2O6S/c1-3-6-11(7-4-2)23(19,20)10-12(16)13(17)22-14(18)21-9-5-8-15/h11-12H,3-7,9-10,16H2,1-2H3/t12-/m1/s1. The largest absolute Gasteiger partial charge is 0.516 e. The van der Waals surface area contributed by atoms with Gasteiger partial charge in [-0.1, -0.05) is 26.7 Å². The Hall–Kier alpha value is -1.66. The minimum absolute atomic E-state index is 0.0422. The van der Waals surface area contributed by atoms with Crippen LogP contribution in [0.3, 0.4) is 0 Å². The second-order valence-corrected chi connectivity index (χ2v) is 7.39. The van der Waals surface area contributed by atoms with Gasteiger partial charge in [0.2, 0.25) is 0 Å². The molecular formula is C14H24N2O6S. The van der Waals surface area contributed by atoms with Crippen LogP contribution in [-0.4, -0.2) is 44.2 Å². The van der Waals surface area contributed by atoms with E-state index in [1.807, 2.05) is 13.8 Å². The summed E-state index contributed by atoms with van der Waals surface area (Å²) in [5.74, 6) is -1.75. The zero-order valence-corrected chi connectivity index (χ0v) is 14.3. The van der Waals surface area contributed by atoms with Gasteiger partial charge in [-0.05, 0) is 12.8 Å². The molecule has 132 valence electrons. The average molecular weight is 348 g/mol. The normalized spacial score (nSPS) is 12.5. The van der Waals surface area contributed by atoms with Crippen molar-refractivity contribution in [1.82, 2.24) is 0 Å². The quantitative estimate of drug-likeness (QED) is 0.354. The molecule has 0 bridgehead atoms. The van der Waals surface area contributed by atoms with Gasteiger partial charge in [0.25, 0.3) is 0 Å². The van der Waals surface area contributed by atoms with Crippen LogP contribution < -0.4 is 5.73 Å². The molecule has 0 aliphatic heterocycles. The third-order valence-electron chi connectivity index (χ3n) is 3.06. The van der Waals surface area contributed by atoms with E-state index in [-0.39, 0.29) is 13.0 Å². The average Bonchev–Trinajstić information content (AvgIpc) is 2.46. The Kier molecular flexibility index (Phi) is 10.2. The predicted octanol–water partition coefficient (Wildman–Crippen LogP) is 1.29. The maximum absolute atomic E-state index is 12.3. The molecule has 1 atom stereocenters. The molecule has 0 unspecified atom stereocenters. The molecule has 0 aromatic carbocycles. The van der Waals surface area contributed by atoms with Crippen LogP contribution in [-0.2, 0) is 24.1 Å². The summed E-state index contributed by atoms with van der Waals surface area (Å²) >= 11 is 0. The van der Waals surface area contributed by atoms with Crippen molar-refractivity contribution in [2.45, 2.75) is 57.2 Å². The molecule has 0 aromatic heterocycles. The van der Waals surface area contributed by atoms with Crippen molar-refractivity contribution in [3.63, 3.8) is 0 Å². The van der Waals surface area contributed by atoms with Crippen molar-refractivity contribution >= 4 is 22.0 Å². The third kappa shape index (κ3) is 8.52. The zero-order valence-electron chi connectivity index (χ0n) is 13.5. The summed E-state index contributed by atoms with van der Waals surface area (Å²) in [7, 11) is -3.57. The summed E-state index contributed by atoms with van der Waals surface area (Å²) in [5, 5.41) is 7.72. The zero-order chi connectivity index (χ0) is 17.9. The molecule has 0 saturated carbocycles. The van der Waals surface area contributed by atoms with E-state index in [4.69, 9.17) is 11.0 Å². The van der Waals surface area contributed by atoms with Gasteiger partial charge in [0, 0.05) is 0 Å². The first-order valence-corrected chi connectivity index (χ1v) is 9.22. The lowest BCUT2D eigenvalue weighted by molar-refractivity contribution is -0.140. The maximum atomic E-state index is 12.3. The van der Waals surface area contributed by atoms with Crippen LogP contribution in [0.15, 0.2) is 0 Å². The summed E-state index contributed by atoms with van der Waals surface area (Å²) in [6.45, 7) is 3.54. The number of hydrogen-bond acceptors (Lipinski definition) is 8. The number of nitrogens with two attached hydrogens (primary N) is 1. The van der Waals surface area contributed by atoms with Gasteiger partial charge in [0.1, 0.15) is 12.6 Å². The summed E-state index contributed by atoms with van der Waals surface area (Å²) < 4.78 is 33.3. The van der Waals surface area contributed by atoms with Gasteiger partial charge in [-0.3, -0.25) is 0 Å². The van der Waals surface area contributed by atoms with Crippen molar-refractivity contribution in [1.29, 1.82) is 5.26 Å². The molecule has 0 amide bonds. The number of sulfone groups is 1. The van der Waals surface area contributed by atoms with Crippen LogP contribution in [0.4, 0.5) is 4.79 Å². The smallest absolute Gasteiger partial charge is 0.433 e. The number of nitriles is 1. The molecular weight excluding hydrogens is 324 g/mol. The molecule has 2 N–H and O–H groups in total. The molecule has 8 nitrogen and oxygen atoms in total. The van der Waals surface area contributed by atoms with Crippen LogP contribution in [0.25, 0.3) is 0 Å². The van der Waals surface area contributed by atoms with Gasteiger partial charge in [-0.15, -0.1) is 0 Å². The van der Waals surface area contributed by atoms with E-state index in [0.29, 0.717) is 25.7 Å². The minimum atomic E-state index is -3.57. The lowest BCUT2D eigenvalue weighted by Gasteiger charge is -2.18. The number of hydrogen-bond donors (Lipinski definition) is 1. The number of carbonyl (C=O) groups excluding carboxylic acids is 2. The fourth-order valence-corrected chi connectivity index (χ4v) is 4.07. The first-order chi connectivity index (χ1) is 10.8. The molecule has 0 rings (SSSR count). The van der Waals surface area contributed by atoms with Gasteiger partial charge in [0.15, 0.2) is 9.84 Å². The molecule has 0 aromatic rings. The Labute approximate surface area is 136 Å². The number of esters is 1. The van der Waals surface area contributed by atoms with Crippen LogP contribution in [0.1, 0.15) is 46.0 Å². The molecule has 0 saturated heterocycles. The Balaban J connectivity index is 4.59. The van der Waals surface area contributed by atoms with Gasteiger partial charge >= 0.3 is 12.1 Å². The molecule has 0 aliphatic rings. The highest BCUT2D eigenvalue weighted by molar-refractivity contribution is 7.92. The molecule has 0 radical (unpaired) electrons. The Morgan fingerprint density at radius 3 is 2.26 bits per heavy atom. The Morgan fingerprint density at radius 1 is 1.22 bits per heavy atom. The van der Waals surface area contributed by atoms with Crippen molar-refractivity contribution in [3.05, 3.63) is 0 Å². The number of nitrogens with zero attached hydrogens (tertiary/aromatic N) is 1. The second kappa shape index (κ2) is 11.0. The third-order valence-corrected chi connectivity index (χ3v) is 5.37. The molecule has 0 heterocycles. The summed E-state index contributed by atoms with van der Waals surface area (Å²) in [6, 6.07) is 0.286. The lowest BCUT2D eigenvalue weighted by atomic mass is 10.2. The highest BCUT2D eigenvalue weighted by Crippen LogP contribution is 2.16. The van der Waals surface area contributed by atoms with E-state index >= 15 is 0 Å². The Bertz CT molecular complexity index is 520. The second-order valence-electron chi connectivity index (χ2n) is 5.06. The van der Waals surface area contributed by atoms with Gasteiger partial charge in [0.05, 0.1) is 23.5 Å². The van der Waals surface area contributed by atoms with Crippen LogP contribution in [0.2, 0.25) is 0 Å². The number of rotatable bonds is 10. The van der Waals surface area contributed by atoms with Gasteiger partial charge < -0.3 is 15.2 Å². The van der Waals surface area contributed by atoms with E-state index in [2.05, 4.69) is 9.47 Å². The number of ether oxygens (including phenoxy) is 2. The minimum Gasteiger partial charge on any atom is -0.433 e. The SMILES string of the molecule is CCCC(CCC)S(=O)(=O)C[C@@H](N)C(=O)OC(=O)OCCC#N. The summed E-state index contributed by atoms with van der Waals surface area (Å²) in [5.41, 5.74) is 5.52. The summed E-state index contributed by atoms with van der Waals surface area (Å²) in [4.78, 5) is 22.8. The van der Waals surface area contributed by atoms with Gasteiger partial charge in [-0.2, -0.15) is 5.26 Å². The Morgan fingerprint density at radius 2 is 1.78 bits per heavy atom. The summed E-state index contributed by atoms with van der Waals surface area (Å²) in [6.07, 6.45) is 1.06. The van der Waals surface area contributed by atoms with Crippen molar-refractivity contribution in [2.75, 3.05) is 12.4 Å². The molecule has 0 fully saturated rings. The first kappa shape index (κ1) is 21.3. The molecule has 23 heavy (non-hydrogen) atoms. The van der Waals surface area contributed by atoms with Gasteiger partial charge in [-0.25, -0.2) is 18.0 Å². The fraction of sp³-hybridized carbons (Fsp3) is 0.786. The highest BCUT2D eigenvalue weighted by atomic mass is 32.2. The monoisotopic (exact) mass is 348 g/mol. The predicted molar refractivity (Wildman–Crippen MR) is 83.0 cm³/mol. The molecule has 0 aliphatic carbocycles. The molecule has 0 spiro atoms. The van der Waals surface area contributed by atoms with Crippen molar-refractivity contribution in [2.24, 2.45) is 5.73 Å². The van der Waals surface area contributed by atoms with Crippen molar-refractivity contribution in [3.8, 4) is 6.07 Å². The van der Waals surface area contributed by atoms with E-state index in [1.54, 1.807) is 6.07 Å². The van der Waals surface area contributed by atoms with Crippen LogP contribution in [0.5, 0.6) is 0 Å². The van der Waals surface area contributed by atoms with E-state index in [1.165, 1.54) is 0 Å². The topological polar surface area (TPSA) is 137 Å². The highest BCUT2D eigenvalue weighted by Gasteiger charge is 2.30. The fourth-order valence-electron chi connectivity index (χ4n) is 1.97. The lowest BCUT2D eigenvalue weighted by Crippen LogP contribution is -2.42. The van der Waals surface area contributed by atoms with E-state index < -0.39 is 39.0 Å². The first-order valence-electron chi connectivity index (χ1n) is 7.51. The molecule has 9 heteroatoms. The van der Waals surface area contributed by atoms with Crippen molar-refractivity contribution < 1.29 is 27.5 Å². The number of carbonyl (C=O) groups is 2. The van der Waals surface area contributed by atoms with E-state index in [0.717, 1.165) is 0 Å². The van der Waals surface area contributed by atoms with Crippen LogP contribution in [0, 0.1) is 11.3 Å². The maximum Gasteiger partial charge on any atom is 0.516 e. The van der Waals surface area contributed by atoms with E-state index in [9.17, 15) is 18.0 Å².